The first-order valence-corrected chi connectivity index (χ1v) is 4.55. The summed E-state index contributed by atoms with van der Waals surface area (Å²) in [6.45, 7) is 0. The Hall–Kier alpha value is -1.11. The molecule has 0 radical (unpaired) electrons. The summed E-state index contributed by atoms with van der Waals surface area (Å²) in [6, 6.07) is 6.14. The van der Waals surface area contributed by atoms with Crippen LogP contribution in [0, 0.1) is 11.8 Å². The van der Waals surface area contributed by atoms with Gasteiger partial charge in [0.1, 0.15) is 0 Å². The van der Waals surface area contributed by atoms with E-state index in [9.17, 15) is 0 Å². The van der Waals surface area contributed by atoms with Gasteiger partial charge in [-0.25, -0.2) is 0 Å². The van der Waals surface area contributed by atoms with E-state index in [0.717, 1.165) is 11.8 Å². The molecule has 0 aromatic carbocycles. The van der Waals surface area contributed by atoms with Gasteiger partial charge in [-0.05, 0) is 42.4 Å². The van der Waals surface area contributed by atoms with Crippen molar-refractivity contribution >= 4 is 5.57 Å². The normalized spacial score (nSPS) is 31.2. The topological polar surface area (TPSA) is 12.9 Å². The molecule has 1 nitrogen and oxygen atoms in total. The number of hydrogen-bond acceptors (Lipinski definition) is 1. The molecule has 3 rings (SSSR count). The third-order valence-corrected chi connectivity index (χ3v) is 2.87. The van der Waals surface area contributed by atoms with Gasteiger partial charge in [0.25, 0.3) is 0 Å². The van der Waals surface area contributed by atoms with Gasteiger partial charge >= 0.3 is 0 Å². The van der Waals surface area contributed by atoms with Crippen LogP contribution in [0.2, 0.25) is 0 Å². The highest BCUT2D eigenvalue weighted by Crippen LogP contribution is 2.52. The molecule has 0 saturated heterocycles. The molecule has 1 heteroatoms. The van der Waals surface area contributed by atoms with Crippen molar-refractivity contribution in [3.05, 3.63) is 36.2 Å². The quantitative estimate of drug-likeness (QED) is 0.610. The van der Waals surface area contributed by atoms with Crippen LogP contribution in [0.5, 0.6) is 0 Å². The molecule has 0 unspecified atom stereocenters. The zero-order valence-corrected chi connectivity index (χ0v) is 6.90. The smallest absolute Gasteiger partial charge is 0.0658 e. The summed E-state index contributed by atoms with van der Waals surface area (Å²) in [7, 11) is 0. The SMILES string of the molecule is C1=C(c2ccccn2)C[C@H]2C[C@@H]12. The molecule has 1 saturated carbocycles. The number of pyridine rings is 1. The zero-order valence-electron chi connectivity index (χ0n) is 6.90. The number of nitrogens with zero attached hydrogens (tertiary/aromatic N) is 1. The van der Waals surface area contributed by atoms with Gasteiger partial charge < -0.3 is 0 Å². The molecular formula is C11H11N. The van der Waals surface area contributed by atoms with Crippen LogP contribution < -0.4 is 0 Å². The lowest BCUT2D eigenvalue weighted by Gasteiger charge is -2.00. The Morgan fingerprint density at radius 1 is 1.33 bits per heavy atom. The Kier molecular flexibility index (Phi) is 1.17. The fraction of sp³-hybridized carbons (Fsp3) is 0.364. The zero-order chi connectivity index (χ0) is 7.97. The summed E-state index contributed by atoms with van der Waals surface area (Å²) in [5, 5.41) is 0. The van der Waals surface area contributed by atoms with E-state index >= 15 is 0 Å². The maximum Gasteiger partial charge on any atom is 0.0658 e. The number of aromatic nitrogens is 1. The Morgan fingerprint density at radius 2 is 2.33 bits per heavy atom. The number of rotatable bonds is 1. The van der Waals surface area contributed by atoms with Crippen LogP contribution in [0.25, 0.3) is 5.57 Å². The molecule has 12 heavy (non-hydrogen) atoms. The third kappa shape index (κ3) is 0.893. The van der Waals surface area contributed by atoms with Gasteiger partial charge in [0.05, 0.1) is 5.69 Å². The maximum atomic E-state index is 4.35. The molecule has 0 bridgehead atoms. The predicted octanol–water partition coefficient (Wildman–Crippen LogP) is 2.50. The molecule has 2 aliphatic rings. The highest BCUT2D eigenvalue weighted by molar-refractivity contribution is 5.66. The molecule has 2 aliphatic carbocycles. The first-order chi connectivity index (χ1) is 5.93. The Labute approximate surface area is 72.1 Å². The minimum Gasteiger partial charge on any atom is -0.257 e. The molecule has 60 valence electrons. The van der Waals surface area contributed by atoms with Gasteiger partial charge in [0.15, 0.2) is 0 Å². The van der Waals surface area contributed by atoms with Crippen molar-refractivity contribution in [1.29, 1.82) is 0 Å². The van der Waals surface area contributed by atoms with Crippen molar-refractivity contribution in [1.82, 2.24) is 4.98 Å². The van der Waals surface area contributed by atoms with Gasteiger partial charge in [0.2, 0.25) is 0 Å². The Balaban J connectivity index is 1.95. The summed E-state index contributed by atoms with van der Waals surface area (Å²) in [5.41, 5.74) is 2.65. The predicted molar refractivity (Wildman–Crippen MR) is 48.4 cm³/mol. The second kappa shape index (κ2) is 2.19. The van der Waals surface area contributed by atoms with Crippen molar-refractivity contribution in [2.45, 2.75) is 12.8 Å². The van der Waals surface area contributed by atoms with Gasteiger partial charge in [-0.2, -0.15) is 0 Å². The summed E-state index contributed by atoms with van der Waals surface area (Å²) in [4.78, 5) is 4.35. The van der Waals surface area contributed by atoms with Gasteiger partial charge in [0, 0.05) is 6.20 Å². The lowest BCUT2D eigenvalue weighted by Crippen LogP contribution is -1.86. The van der Waals surface area contributed by atoms with E-state index in [4.69, 9.17) is 0 Å². The molecular weight excluding hydrogens is 146 g/mol. The van der Waals surface area contributed by atoms with Crippen molar-refractivity contribution in [3.8, 4) is 0 Å². The van der Waals surface area contributed by atoms with Crippen molar-refractivity contribution in [3.63, 3.8) is 0 Å². The van der Waals surface area contributed by atoms with Crippen LogP contribution in [0.15, 0.2) is 30.5 Å². The van der Waals surface area contributed by atoms with Crippen molar-refractivity contribution < 1.29 is 0 Å². The van der Waals surface area contributed by atoms with Crippen LogP contribution in [0.4, 0.5) is 0 Å². The first kappa shape index (κ1) is 6.41. The second-order valence-corrected chi connectivity index (χ2v) is 3.77. The monoisotopic (exact) mass is 157 g/mol. The van der Waals surface area contributed by atoms with Crippen LogP contribution in [0.1, 0.15) is 18.5 Å². The fourth-order valence-electron chi connectivity index (χ4n) is 2.06. The van der Waals surface area contributed by atoms with Gasteiger partial charge in [-0.3, -0.25) is 4.98 Å². The first-order valence-electron chi connectivity index (χ1n) is 4.55. The van der Waals surface area contributed by atoms with E-state index in [-0.39, 0.29) is 0 Å². The van der Waals surface area contributed by atoms with Crippen LogP contribution in [0.3, 0.4) is 0 Å². The molecule has 0 aliphatic heterocycles. The Bertz CT molecular complexity index is 326. The van der Waals surface area contributed by atoms with Crippen LogP contribution in [-0.4, -0.2) is 4.98 Å². The van der Waals surface area contributed by atoms with Crippen molar-refractivity contribution in [2.24, 2.45) is 11.8 Å². The summed E-state index contributed by atoms with van der Waals surface area (Å²) >= 11 is 0. The van der Waals surface area contributed by atoms with E-state index in [1.807, 2.05) is 12.3 Å². The third-order valence-electron chi connectivity index (χ3n) is 2.87. The molecule has 0 N–H and O–H groups in total. The van der Waals surface area contributed by atoms with Crippen molar-refractivity contribution in [2.75, 3.05) is 0 Å². The number of fused-ring (bicyclic) bond motifs is 1. The highest BCUT2D eigenvalue weighted by Gasteiger charge is 2.40. The minimum atomic E-state index is 0.905. The van der Waals surface area contributed by atoms with Gasteiger partial charge in [-0.15, -0.1) is 0 Å². The largest absolute Gasteiger partial charge is 0.257 e. The maximum absolute atomic E-state index is 4.35. The van der Waals surface area contributed by atoms with E-state index in [1.165, 1.54) is 24.1 Å². The molecule has 1 fully saturated rings. The lowest BCUT2D eigenvalue weighted by atomic mass is 10.1. The van der Waals surface area contributed by atoms with E-state index in [1.54, 1.807) is 0 Å². The molecule has 0 spiro atoms. The lowest BCUT2D eigenvalue weighted by molar-refractivity contribution is 0.860. The molecule has 0 amide bonds. The Morgan fingerprint density at radius 3 is 3.00 bits per heavy atom. The molecule has 1 heterocycles. The van der Waals surface area contributed by atoms with E-state index in [2.05, 4.69) is 23.2 Å². The second-order valence-electron chi connectivity index (χ2n) is 3.77. The average molecular weight is 157 g/mol. The molecule has 1 aromatic heterocycles. The standard InChI is InChI=1S/C11H11N/c1-2-4-12-11(3-1)10-6-8-5-9(8)7-10/h1-4,6,8-9H,5,7H2/t8-,9+/m0/s1. The summed E-state index contributed by atoms with van der Waals surface area (Å²) in [6.07, 6.45) is 6.98. The average Bonchev–Trinajstić information content (AvgIpc) is 2.75. The van der Waals surface area contributed by atoms with Crippen LogP contribution in [-0.2, 0) is 0 Å². The fourth-order valence-corrected chi connectivity index (χ4v) is 2.06. The van der Waals surface area contributed by atoms with Gasteiger partial charge in [-0.1, -0.05) is 12.1 Å². The summed E-state index contributed by atoms with van der Waals surface area (Å²) in [5.74, 6) is 1.88. The highest BCUT2D eigenvalue weighted by atomic mass is 14.7. The van der Waals surface area contributed by atoms with E-state index in [0.29, 0.717) is 0 Å². The number of hydrogen-bond donors (Lipinski definition) is 0. The molecule has 1 aromatic rings. The van der Waals surface area contributed by atoms with E-state index < -0.39 is 0 Å². The minimum absolute atomic E-state index is 0.905. The summed E-state index contributed by atoms with van der Waals surface area (Å²) < 4.78 is 0. The van der Waals surface area contributed by atoms with Crippen LogP contribution >= 0.6 is 0 Å². The molecule has 2 atom stereocenters. The number of allylic oxidation sites excluding steroid dienone is 2.